The number of amides is 2. The molecule has 1 saturated heterocycles. The Labute approximate surface area is 291 Å². The van der Waals surface area contributed by atoms with Crippen LogP contribution >= 0.6 is 11.6 Å². The molecular formula is C37H42ClN5O6. The number of halogens is 1. The number of aromatic hydroxyl groups is 1. The Bertz CT molecular complexity index is 1730. The zero-order valence-electron chi connectivity index (χ0n) is 27.3. The molecule has 0 unspecified atom stereocenters. The van der Waals surface area contributed by atoms with Crippen molar-refractivity contribution in [2.45, 2.75) is 38.0 Å². The molecule has 5 rings (SSSR count). The number of anilines is 3. The largest absolute Gasteiger partial charge is 0.506 e. The van der Waals surface area contributed by atoms with Crippen LogP contribution in [0.5, 0.6) is 11.5 Å². The summed E-state index contributed by atoms with van der Waals surface area (Å²) >= 11 is 6.53. The van der Waals surface area contributed by atoms with Gasteiger partial charge in [0.15, 0.2) is 0 Å². The van der Waals surface area contributed by atoms with Gasteiger partial charge in [0.25, 0.3) is 0 Å². The molecule has 0 saturated carbocycles. The Morgan fingerprint density at radius 1 is 0.980 bits per heavy atom. The molecule has 0 spiro atoms. The first-order chi connectivity index (χ1) is 23.7. The van der Waals surface area contributed by atoms with Crippen molar-refractivity contribution in [3.8, 4) is 22.6 Å². The normalized spacial score (nSPS) is 14.2. The van der Waals surface area contributed by atoms with Crippen LogP contribution in [0.15, 0.2) is 84.9 Å². The zero-order chi connectivity index (χ0) is 34.8. The van der Waals surface area contributed by atoms with Crippen molar-refractivity contribution < 1.29 is 29.3 Å². The maximum absolute atomic E-state index is 12.9. The van der Waals surface area contributed by atoms with E-state index in [1.807, 2.05) is 54.6 Å². The van der Waals surface area contributed by atoms with E-state index in [9.17, 15) is 19.8 Å². The second-order valence-corrected chi connectivity index (χ2v) is 12.3. The Morgan fingerprint density at radius 3 is 2.45 bits per heavy atom. The summed E-state index contributed by atoms with van der Waals surface area (Å²) < 4.78 is 11.3. The van der Waals surface area contributed by atoms with Gasteiger partial charge in [-0.25, -0.2) is 4.79 Å². The van der Waals surface area contributed by atoms with Crippen molar-refractivity contribution >= 4 is 40.7 Å². The fourth-order valence-corrected chi connectivity index (χ4v) is 5.97. The van der Waals surface area contributed by atoms with Crippen LogP contribution in [0, 0.1) is 0 Å². The van der Waals surface area contributed by atoms with Crippen LogP contribution in [0.3, 0.4) is 0 Å². The number of ether oxygens (including phenoxy) is 2. The maximum Gasteiger partial charge on any atom is 0.411 e. The number of aliphatic hydroxyl groups is 1. The van der Waals surface area contributed by atoms with Crippen molar-refractivity contribution in [1.82, 2.24) is 10.2 Å². The van der Waals surface area contributed by atoms with Gasteiger partial charge < -0.3 is 41.0 Å². The molecule has 0 aromatic heterocycles. The highest BCUT2D eigenvalue weighted by molar-refractivity contribution is 6.33. The molecule has 4 aromatic carbocycles. The van der Waals surface area contributed by atoms with Crippen molar-refractivity contribution in [2.75, 3.05) is 49.7 Å². The van der Waals surface area contributed by atoms with Crippen LogP contribution in [0.4, 0.5) is 21.9 Å². The number of benzene rings is 4. The van der Waals surface area contributed by atoms with Gasteiger partial charge in [0.2, 0.25) is 5.91 Å². The van der Waals surface area contributed by atoms with E-state index in [0.29, 0.717) is 66.7 Å². The maximum atomic E-state index is 12.9. The summed E-state index contributed by atoms with van der Waals surface area (Å²) in [7, 11) is 1.53. The minimum absolute atomic E-state index is 0.0362. The number of likely N-dealkylation sites (tertiary alicyclic amines) is 1. The predicted octanol–water partition coefficient (Wildman–Crippen LogP) is 6.17. The molecule has 0 aliphatic carbocycles. The molecule has 11 nitrogen and oxygen atoms in total. The van der Waals surface area contributed by atoms with Gasteiger partial charge in [0.1, 0.15) is 17.6 Å². The molecule has 1 fully saturated rings. The first-order valence-corrected chi connectivity index (χ1v) is 16.6. The number of rotatable bonds is 13. The lowest BCUT2D eigenvalue weighted by atomic mass is 10.0. The quantitative estimate of drug-likeness (QED) is 0.0714. The molecule has 258 valence electrons. The molecule has 1 atom stereocenters. The average molecular weight is 688 g/mol. The van der Waals surface area contributed by atoms with E-state index in [-0.39, 0.29) is 36.4 Å². The van der Waals surface area contributed by atoms with Crippen LogP contribution < -0.4 is 26.4 Å². The minimum atomic E-state index is -0.839. The number of para-hydroxylation sites is 1. The van der Waals surface area contributed by atoms with Crippen LogP contribution in [0.1, 0.15) is 36.5 Å². The van der Waals surface area contributed by atoms with Crippen LogP contribution in [-0.4, -0.2) is 66.5 Å². The number of nitrogens with one attached hydrogen (secondary N) is 3. The number of nitrogens with zero attached hydrogens (tertiary/aromatic N) is 1. The Morgan fingerprint density at radius 2 is 1.71 bits per heavy atom. The fraction of sp³-hybridized carbons (Fsp3) is 0.297. The molecular weight excluding hydrogens is 646 g/mol. The lowest BCUT2D eigenvalue weighted by Gasteiger charge is -2.31. The average Bonchev–Trinajstić information content (AvgIpc) is 3.10. The monoisotopic (exact) mass is 687 g/mol. The number of carbonyl (C=O) groups is 2. The molecule has 4 aromatic rings. The SMILES string of the molecule is COc1cc(NC(=O)CCN2CCC(OC(=O)Nc3ccccc3-c3ccccc3)CC2)c(Cl)cc1CNC[C@H](O)c1ccc(O)c(N)c1. The van der Waals surface area contributed by atoms with Gasteiger partial charge in [-0.2, -0.15) is 0 Å². The summed E-state index contributed by atoms with van der Waals surface area (Å²) in [6.07, 6.45) is 0.0935. The van der Waals surface area contributed by atoms with Gasteiger partial charge in [0, 0.05) is 56.3 Å². The van der Waals surface area contributed by atoms with E-state index in [1.165, 1.54) is 19.2 Å². The molecule has 12 heteroatoms. The molecule has 0 radical (unpaired) electrons. The van der Waals surface area contributed by atoms with E-state index in [1.54, 1.807) is 18.2 Å². The third kappa shape index (κ3) is 9.86. The summed E-state index contributed by atoms with van der Waals surface area (Å²) in [6, 6.07) is 25.5. The molecule has 1 aliphatic rings. The van der Waals surface area contributed by atoms with Gasteiger partial charge in [-0.05, 0) is 48.2 Å². The molecule has 1 heterocycles. The number of nitrogen functional groups attached to an aromatic ring is 1. The first kappa shape index (κ1) is 35.5. The number of nitrogens with two attached hydrogens (primary N) is 1. The van der Waals surface area contributed by atoms with E-state index >= 15 is 0 Å². The highest BCUT2D eigenvalue weighted by atomic mass is 35.5. The molecule has 0 bridgehead atoms. The summed E-state index contributed by atoms with van der Waals surface area (Å²) in [4.78, 5) is 27.8. The topological polar surface area (TPSA) is 158 Å². The van der Waals surface area contributed by atoms with Gasteiger partial charge in [0.05, 0.1) is 35.3 Å². The van der Waals surface area contributed by atoms with Crippen LogP contribution in [-0.2, 0) is 16.1 Å². The molecule has 7 N–H and O–H groups in total. The smallest absolute Gasteiger partial charge is 0.411 e. The number of phenols is 1. The van der Waals surface area contributed by atoms with E-state index in [2.05, 4.69) is 20.9 Å². The number of phenolic OH excluding ortho intramolecular Hbond substituents is 1. The van der Waals surface area contributed by atoms with Gasteiger partial charge in [-0.3, -0.25) is 10.1 Å². The predicted molar refractivity (Wildman–Crippen MR) is 192 cm³/mol. The number of hydrogen-bond donors (Lipinski definition) is 6. The van der Waals surface area contributed by atoms with Crippen molar-refractivity contribution in [3.05, 3.63) is 101 Å². The van der Waals surface area contributed by atoms with E-state index < -0.39 is 12.2 Å². The fourth-order valence-electron chi connectivity index (χ4n) is 5.74. The standard InChI is InChI=1S/C37H42ClN5O6/c1-48-35-21-32(29(38)19-26(35)22-40-23-34(45)25-11-12-33(44)30(39)20-25)41-36(46)15-18-43-16-13-27(14-17-43)49-37(47)42-31-10-6-5-9-28(31)24-7-3-2-4-8-24/h2-12,19-21,27,34,40,44-45H,13-18,22-23,39H2,1H3,(H,41,46)(H,42,47)/t34-/m0/s1. The van der Waals surface area contributed by atoms with E-state index in [0.717, 1.165) is 16.7 Å². The van der Waals surface area contributed by atoms with Crippen molar-refractivity contribution in [1.29, 1.82) is 0 Å². The number of methoxy groups -OCH3 is 1. The van der Waals surface area contributed by atoms with Gasteiger partial charge in [-0.1, -0.05) is 66.2 Å². The highest BCUT2D eigenvalue weighted by Gasteiger charge is 2.23. The Hall–Kier alpha value is -4.81. The summed E-state index contributed by atoms with van der Waals surface area (Å²) in [5.41, 5.74) is 10.3. The number of carbonyl (C=O) groups excluding carboxylic acids is 2. The summed E-state index contributed by atoms with van der Waals surface area (Å²) in [5.74, 6) is 0.317. The van der Waals surface area contributed by atoms with E-state index in [4.69, 9.17) is 26.8 Å². The zero-order valence-corrected chi connectivity index (χ0v) is 28.1. The Kier molecular flexibility index (Phi) is 12.3. The lowest BCUT2D eigenvalue weighted by Crippen LogP contribution is -2.39. The summed E-state index contributed by atoms with van der Waals surface area (Å²) in [6.45, 7) is 2.54. The number of piperidine rings is 1. The Balaban J connectivity index is 1.04. The minimum Gasteiger partial charge on any atom is -0.506 e. The van der Waals surface area contributed by atoms with Crippen molar-refractivity contribution in [3.63, 3.8) is 0 Å². The van der Waals surface area contributed by atoms with Gasteiger partial charge in [-0.15, -0.1) is 0 Å². The first-order valence-electron chi connectivity index (χ1n) is 16.2. The number of hydrogen-bond acceptors (Lipinski definition) is 9. The van der Waals surface area contributed by atoms with Crippen molar-refractivity contribution in [2.24, 2.45) is 0 Å². The second kappa shape index (κ2) is 17.0. The molecule has 49 heavy (non-hydrogen) atoms. The molecule has 2 amide bonds. The summed E-state index contributed by atoms with van der Waals surface area (Å²) in [5, 5.41) is 29.4. The third-order valence-electron chi connectivity index (χ3n) is 8.45. The van der Waals surface area contributed by atoms with Gasteiger partial charge >= 0.3 is 6.09 Å². The van der Waals surface area contributed by atoms with Crippen LogP contribution in [0.2, 0.25) is 5.02 Å². The van der Waals surface area contributed by atoms with Crippen LogP contribution in [0.25, 0.3) is 11.1 Å². The lowest BCUT2D eigenvalue weighted by molar-refractivity contribution is -0.116. The number of aliphatic hydroxyl groups excluding tert-OH is 1. The molecule has 1 aliphatic heterocycles. The highest BCUT2D eigenvalue weighted by Crippen LogP contribution is 2.32. The second-order valence-electron chi connectivity index (χ2n) is 11.9. The third-order valence-corrected chi connectivity index (χ3v) is 8.76.